The molecule has 0 spiro atoms. The van der Waals surface area contributed by atoms with Crippen LogP contribution in [0.2, 0.25) is 0 Å². The van der Waals surface area contributed by atoms with Gasteiger partial charge in [0.1, 0.15) is 0 Å². The van der Waals surface area contributed by atoms with Gasteiger partial charge >= 0.3 is 0 Å². The Labute approximate surface area is 430 Å². The molecule has 5 aromatic rings. The molecule has 0 aliphatic carbocycles. The molecule has 72 heavy (non-hydrogen) atoms. The van der Waals surface area contributed by atoms with Gasteiger partial charge in [0.15, 0.2) is 11.6 Å². The van der Waals surface area contributed by atoms with Crippen molar-refractivity contribution in [3.05, 3.63) is 179 Å². The fourth-order valence-electron chi connectivity index (χ4n) is 15.2. The van der Waals surface area contributed by atoms with Gasteiger partial charge in [0.2, 0.25) is 0 Å². The van der Waals surface area contributed by atoms with Gasteiger partial charge in [-0.25, -0.2) is 0 Å². The molecule has 0 amide bonds. The first-order chi connectivity index (χ1) is 34.7. The second-order valence-electron chi connectivity index (χ2n) is 24.2. The number of hydrogen-bond acceptors (Lipinski definition) is 10. The number of likely N-dealkylation sites (tertiary alicyclic amines) is 4. The highest BCUT2D eigenvalue weighted by Gasteiger charge is 2.65. The fraction of sp³-hybridized carbons (Fsp3) is 0.484. The number of benzene rings is 5. The molecule has 6 saturated heterocycles. The summed E-state index contributed by atoms with van der Waals surface area (Å²) in [7, 11) is 9.03. The topological polar surface area (TPSA) is 60.1 Å². The van der Waals surface area contributed by atoms with Crippen LogP contribution in [0.4, 0.5) is 0 Å². The number of rotatable bonds is 10. The minimum Gasteiger partial charge on any atom is -0.303 e. The normalized spacial score (nSPS) is 30.5. The first-order valence-electron chi connectivity index (χ1n) is 26.8. The number of piperidine rings is 4. The largest absolute Gasteiger partial charge is 0.303 e. The molecular formula is C62H78N8O2. The molecule has 6 aliphatic rings. The van der Waals surface area contributed by atoms with Gasteiger partial charge in [-0.1, -0.05) is 146 Å². The monoisotopic (exact) mass is 967 g/mol. The molecular weight excluding hydrogens is 889 g/mol. The summed E-state index contributed by atoms with van der Waals surface area (Å²) in [6.07, 6.45) is 0. The first kappa shape index (κ1) is 49.3. The van der Waals surface area contributed by atoms with E-state index in [0.717, 1.165) is 87.7 Å². The van der Waals surface area contributed by atoms with Gasteiger partial charge in [-0.05, 0) is 75.4 Å². The third-order valence-corrected chi connectivity index (χ3v) is 18.4. The maximum Gasteiger partial charge on any atom is 0.159 e. The van der Waals surface area contributed by atoms with E-state index >= 15 is 9.59 Å². The zero-order valence-corrected chi connectivity index (χ0v) is 44.0. The van der Waals surface area contributed by atoms with Crippen LogP contribution in [0.25, 0.3) is 0 Å². The summed E-state index contributed by atoms with van der Waals surface area (Å²) in [6, 6.07) is 52.2. The zero-order valence-electron chi connectivity index (χ0n) is 44.0. The van der Waals surface area contributed by atoms with E-state index in [1.165, 1.54) is 11.1 Å². The summed E-state index contributed by atoms with van der Waals surface area (Å²) in [5.74, 6) is 0.728. The Kier molecular flexibility index (Phi) is 13.1. The highest BCUT2D eigenvalue weighted by molar-refractivity contribution is 6.02. The third-order valence-electron chi connectivity index (χ3n) is 18.4. The molecule has 6 fully saturated rings. The molecule has 4 atom stereocenters. The van der Waals surface area contributed by atoms with E-state index in [9.17, 15) is 0 Å². The average molecular weight is 967 g/mol. The molecule has 6 heterocycles. The lowest BCUT2D eigenvalue weighted by Gasteiger charge is -2.61. The van der Waals surface area contributed by atoms with E-state index < -0.39 is 21.7 Å². The van der Waals surface area contributed by atoms with E-state index in [-0.39, 0.29) is 11.1 Å². The van der Waals surface area contributed by atoms with Crippen LogP contribution in [-0.4, -0.2) is 195 Å². The number of hydrogen-bond donors (Lipinski definition) is 0. The first-order valence-corrected chi connectivity index (χ1v) is 26.8. The van der Waals surface area contributed by atoms with Gasteiger partial charge < -0.3 is 19.6 Å². The van der Waals surface area contributed by atoms with E-state index in [0.29, 0.717) is 63.9 Å². The van der Waals surface area contributed by atoms with Crippen LogP contribution >= 0.6 is 0 Å². The van der Waals surface area contributed by atoms with Crippen molar-refractivity contribution in [1.29, 1.82) is 0 Å². The molecule has 10 heteroatoms. The van der Waals surface area contributed by atoms with Crippen LogP contribution in [-0.2, 0) is 44.3 Å². The number of nitrogens with zero attached hydrogens (tertiary/aromatic N) is 8. The van der Waals surface area contributed by atoms with Crippen molar-refractivity contribution < 1.29 is 9.59 Å². The predicted molar refractivity (Wildman–Crippen MR) is 289 cm³/mol. The van der Waals surface area contributed by atoms with Crippen molar-refractivity contribution >= 4 is 11.6 Å². The molecule has 11 rings (SSSR count). The quantitative estimate of drug-likeness (QED) is 0.164. The molecule has 0 radical (unpaired) electrons. The lowest BCUT2D eigenvalue weighted by molar-refractivity contribution is -0.150. The van der Waals surface area contributed by atoms with E-state index in [2.05, 4.69) is 227 Å². The average Bonchev–Trinajstić information content (AvgIpc) is 3.60. The molecule has 378 valence electrons. The van der Waals surface area contributed by atoms with E-state index in [1.54, 1.807) is 0 Å². The molecule has 0 aromatic heterocycles. The summed E-state index contributed by atoms with van der Waals surface area (Å²) in [4.78, 5) is 52.4. The Hall–Kier alpha value is -4.88. The van der Waals surface area contributed by atoms with Crippen LogP contribution in [0.1, 0.15) is 47.2 Å². The maximum absolute atomic E-state index is 15.9. The second-order valence-corrected chi connectivity index (χ2v) is 24.2. The van der Waals surface area contributed by atoms with Crippen molar-refractivity contribution in [3.63, 3.8) is 0 Å². The van der Waals surface area contributed by atoms with Crippen LogP contribution in [0.3, 0.4) is 0 Å². The summed E-state index contributed by atoms with van der Waals surface area (Å²) in [5.41, 5.74) is 3.80. The number of carbonyl (C=O) groups is 2. The molecule has 0 N–H and O–H groups in total. The van der Waals surface area contributed by atoms with Crippen LogP contribution in [0, 0.1) is 0 Å². The zero-order chi connectivity index (χ0) is 49.9. The standard InChI is InChI=1S/C62H78N8O2/c1-57(37-63(3)30-31-64(4)38-57)69-45-59(51-22-11-7-12-23-51)41-67(42-60(46-69,55(59)71)52-24-13-8-14-25-52)35-49-20-19-21-50(34-49)36-68-43-61(53-26-15-9-16-27-53)47-70(58(2)39-65(5)32-33-66(6)40-58)48-62(44-68,56(61)72)54-28-17-10-18-29-54/h7-29,34H,30-33,35-48H2,1-6H3. The highest BCUT2D eigenvalue weighted by Crippen LogP contribution is 2.51. The second kappa shape index (κ2) is 19.1. The van der Waals surface area contributed by atoms with Gasteiger partial charge in [-0.15, -0.1) is 0 Å². The SMILES string of the molecule is CN1CCN(C)CC(C)(N2CC3(c4ccccc4)CN(Cc4cccc(CN5CC6(c7ccccc7)CN(C7(C)CN(C)CCN(C)C7)CC(c7ccccc7)(C5)C6=O)c4)CC(c4ccccc4)(C2)C3=O)C1. The van der Waals surface area contributed by atoms with Gasteiger partial charge in [0.05, 0.1) is 21.7 Å². The van der Waals surface area contributed by atoms with E-state index in [4.69, 9.17) is 0 Å². The van der Waals surface area contributed by atoms with Crippen LogP contribution in [0.15, 0.2) is 146 Å². The lowest BCUT2D eigenvalue weighted by atomic mass is 9.57. The Morgan fingerprint density at radius 1 is 0.347 bits per heavy atom. The van der Waals surface area contributed by atoms with Gasteiger partial charge in [0.25, 0.3) is 0 Å². The van der Waals surface area contributed by atoms with Crippen LogP contribution in [0.5, 0.6) is 0 Å². The number of Topliss-reactive ketones (excluding diaryl/α,β-unsaturated/α-hetero) is 2. The van der Waals surface area contributed by atoms with E-state index in [1.807, 2.05) is 0 Å². The van der Waals surface area contributed by atoms with Gasteiger partial charge in [-0.2, -0.15) is 0 Å². The Balaban J connectivity index is 0.938. The minimum absolute atomic E-state index is 0.147. The van der Waals surface area contributed by atoms with Crippen molar-refractivity contribution in [2.45, 2.75) is 59.7 Å². The number of fused-ring (bicyclic) bond motifs is 4. The van der Waals surface area contributed by atoms with Crippen LogP contribution < -0.4 is 0 Å². The number of ketones is 2. The lowest BCUT2D eigenvalue weighted by Crippen LogP contribution is -2.77. The molecule has 10 nitrogen and oxygen atoms in total. The van der Waals surface area contributed by atoms with Crippen molar-refractivity contribution in [2.75, 3.05) is 133 Å². The number of carbonyl (C=O) groups excluding carboxylic acids is 2. The number of likely N-dealkylation sites (N-methyl/N-ethyl adjacent to an activating group) is 4. The molecule has 4 unspecified atom stereocenters. The van der Waals surface area contributed by atoms with Crippen molar-refractivity contribution in [3.8, 4) is 0 Å². The Morgan fingerprint density at radius 3 is 0.875 bits per heavy atom. The maximum atomic E-state index is 15.9. The smallest absolute Gasteiger partial charge is 0.159 e. The highest BCUT2D eigenvalue weighted by atomic mass is 16.1. The fourth-order valence-corrected chi connectivity index (χ4v) is 15.2. The molecule has 0 saturated carbocycles. The Bertz CT molecular complexity index is 2400. The molecule has 6 aliphatic heterocycles. The summed E-state index contributed by atoms with van der Waals surface area (Å²) in [6.45, 7) is 19.7. The minimum atomic E-state index is -0.722. The van der Waals surface area contributed by atoms with Gasteiger partial charge in [-0.3, -0.25) is 29.2 Å². The summed E-state index contributed by atoms with van der Waals surface area (Å²) >= 11 is 0. The molecule has 5 aromatic carbocycles. The van der Waals surface area contributed by atoms with Crippen molar-refractivity contribution in [2.24, 2.45) is 0 Å². The van der Waals surface area contributed by atoms with Gasteiger partial charge in [0, 0.05) is 129 Å². The summed E-state index contributed by atoms with van der Waals surface area (Å²) < 4.78 is 0. The Morgan fingerprint density at radius 2 is 0.611 bits per heavy atom. The predicted octanol–water partition coefficient (Wildman–Crippen LogP) is 6.11. The molecule has 4 bridgehead atoms. The van der Waals surface area contributed by atoms with Crippen molar-refractivity contribution in [1.82, 2.24) is 39.2 Å². The summed E-state index contributed by atoms with van der Waals surface area (Å²) in [5, 5.41) is 0. The third kappa shape index (κ3) is 8.73.